The first-order chi connectivity index (χ1) is 11.0. The number of nitrogens with one attached hydrogen (secondary N) is 2. The molecule has 23 heavy (non-hydrogen) atoms. The van der Waals surface area contributed by atoms with E-state index in [9.17, 15) is 9.59 Å². The standard InChI is InChI=1S/C17H24N2O4/c1-11(20)18-16(12-6-4-5-7-12)17(21)19-14-9-8-13(22-2)10-15(14)23-3/h8-10,12,16H,4-7H2,1-3H3,(H,18,20)(H,19,21). The van der Waals surface area contributed by atoms with Gasteiger partial charge in [-0.25, -0.2) is 0 Å². The summed E-state index contributed by atoms with van der Waals surface area (Å²) in [6.45, 7) is 1.43. The topological polar surface area (TPSA) is 76.7 Å². The molecule has 0 aliphatic heterocycles. The molecule has 1 aliphatic rings. The Balaban J connectivity index is 2.15. The first kappa shape index (κ1) is 17.1. The van der Waals surface area contributed by atoms with Crippen LogP contribution in [-0.4, -0.2) is 32.1 Å². The molecule has 2 rings (SSSR count). The molecule has 0 heterocycles. The van der Waals surface area contributed by atoms with Crippen LogP contribution >= 0.6 is 0 Å². The van der Waals surface area contributed by atoms with Gasteiger partial charge in [0, 0.05) is 13.0 Å². The summed E-state index contributed by atoms with van der Waals surface area (Å²) in [5, 5.41) is 5.65. The van der Waals surface area contributed by atoms with Crippen molar-refractivity contribution in [1.82, 2.24) is 5.32 Å². The van der Waals surface area contributed by atoms with Crippen molar-refractivity contribution in [2.45, 2.75) is 38.6 Å². The third-order valence-electron chi connectivity index (χ3n) is 4.18. The highest BCUT2D eigenvalue weighted by Crippen LogP contribution is 2.31. The minimum absolute atomic E-state index is 0.183. The Morgan fingerprint density at radius 3 is 2.43 bits per heavy atom. The second-order valence-corrected chi connectivity index (χ2v) is 5.78. The molecule has 1 atom stereocenters. The lowest BCUT2D eigenvalue weighted by Crippen LogP contribution is -2.47. The van der Waals surface area contributed by atoms with Crippen molar-refractivity contribution in [2.24, 2.45) is 5.92 Å². The molecule has 0 aromatic heterocycles. The molecule has 1 saturated carbocycles. The van der Waals surface area contributed by atoms with Crippen LogP contribution in [0.1, 0.15) is 32.6 Å². The molecular formula is C17H24N2O4. The fraction of sp³-hybridized carbons (Fsp3) is 0.529. The lowest BCUT2D eigenvalue weighted by Gasteiger charge is -2.23. The van der Waals surface area contributed by atoms with Gasteiger partial charge in [-0.05, 0) is 30.9 Å². The highest BCUT2D eigenvalue weighted by Gasteiger charge is 2.31. The lowest BCUT2D eigenvalue weighted by molar-refractivity contribution is -0.126. The summed E-state index contributed by atoms with van der Waals surface area (Å²) in [5.74, 6) is 0.942. The first-order valence-corrected chi connectivity index (χ1v) is 7.85. The average molecular weight is 320 g/mol. The van der Waals surface area contributed by atoms with Crippen molar-refractivity contribution in [3.05, 3.63) is 18.2 Å². The molecule has 6 nitrogen and oxygen atoms in total. The Hall–Kier alpha value is -2.24. The number of amides is 2. The summed E-state index contributed by atoms with van der Waals surface area (Å²) in [6.07, 6.45) is 4.11. The Morgan fingerprint density at radius 1 is 1.17 bits per heavy atom. The van der Waals surface area contributed by atoms with Crippen molar-refractivity contribution in [3.8, 4) is 11.5 Å². The number of ether oxygens (including phenoxy) is 2. The predicted molar refractivity (Wildman–Crippen MR) is 87.7 cm³/mol. The molecule has 0 radical (unpaired) electrons. The fourth-order valence-corrected chi connectivity index (χ4v) is 3.02. The maximum atomic E-state index is 12.6. The molecule has 1 aromatic carbocycles. The minimum atomic E-state index is -0.512. The number of carbonyl (C=O) groups is 2. The summed E-state index contributed by atoms with van der Waals surface area (Å²) >= 11 is 0. The third kappa shape index (κ3) is 4.37. The molecule has 1 unspecified atom stereocenters. The fourth-order valence-electron chi connectivity index (χ4n) is 3.02. The van der Waals surface area contributed by atoms with Crippen molar-refractivity contribution in [3.63, 3.8) is 0 Å². The smallest absolute Gasteiger partial charge is 0.247 e. The summed E-state index contributed by atoms with van der Waals surface area (Å²) in [6, 6.07) is 4.68. The van der Waals surface area contributed by atoms with Crippen LogP contribution in [-0.2, 0) is 9.59 Å². The minimum Gasteiger partial charge on any atom is -0.497 e. The van der Waals surface area contributed by atoms with Gasteiger partial charge in [-0.1, -0.05) is 12.8 Å². The highest BCUT2D eigenvalue weighted by molar-refractivity contribution is 5.98. The van der Waals surface area contributed by atoms with Crippen LogP contribution in [0.3, 0.4) is 0 Å². The number of carbonyl (C=O) groups excluding carboxylic acids is 2. The lowest BCUT2D eigenvalue weighted by atomic mass is 9.97. The predicted octanol–water partition coefficient (Wildman–Crippen LogP) is 2.34. The number of anilines is 1. The van der Waals surface area contributed by atoms with E-state index in [2.05, 4.69) is 10.6 Å². The van der Waals surface area contributed by atoms with Crippen LogP contribution in [0.15, 0.2) is 18.2 Å². The van der Waals surface area contributed by atoms with Crippen LogP contribution in [0.25, 0.3) is 0 Å². The number of benzene rings is 1. The Bertz CT molecular complexity index is 568. The molecule has 6 heteroatoms. The van der Waals surface area contributed by atoms with Crippen molar-refractivity contribution < 1.29 is 19.1 Å². The summed E-state index contributed by atoms with van der Waals surface area (Å²) < 4.78 is 10.4. The van der Waals surface area contributed by atoms with Gasteiger partial charge < -0.3 is 20.1 Å². The van der Waals surface area contributed by atoms with E-state index in [1.807, 2.05) is 0 Å². The number of hydrogen-bond donors (Lipinski definition) is 2. The second-order valence-electron chi connectivity index (χ2n) is 5.78. The van der Waals surface area contributed by atoms with Gasteiger partial charge in [0.1, 0.15) is 17.5 Å². The van der Waals surface area contributed by atoms with E-state index >= 15 is 0 Å². The maximum Gasteiger partial charge on any atom is 0.247 e. The summed E-state index contributed by atoms with van der Waals surface area (Å²) in [5.41, 5.74) is 0.562. The Kier molecular flexibility index (Phi) is 5.84. The number of methoxy groups -OCH3 is 2. The van der Waals surface area contributed by atoms with E-state index in [-0.39, 0.29) is 17.7 Å². The maximum absolute atomic E-state index is 12.6. The van der Waals surface area contributed by atoms with E-state index in [1.54, 1.807) is 25.3 Å². The van der Waals surface area contributed by atoms with Gasteiger partial charge in [0.15, 0.2) is 0 Å². The van der Waals surface area contributed by atoms with E-state index in [4.69, 9.17) is 9.47 Å². The molecule has 0 saturated heterocycles. The summed E-state index contributed by atoms with van der Waals surface area (Å²) in [7, 11) is 3.10. The van der Waals surface area contributed by atoms with Gasteiger partial charge in [-0.2, -0.15) is 0 Å². The van der Waals surface area contributed by atoms with Gasteiger partial charge in [0.2, 0.25) is 11.8 Å². The van der Waals surface area contributed by atoms with Crippen LogP contribution in [0, 0.1) is 5.92 Å². The molecule has 1 aliphatic carbocycles. The Morgan fingerprint density at radius 2 is 1.87 bits per heavy atom. The van der Waals surface area contributed by atoms with Gasteiger partial charge in [0.25, 0.3) is 0 Å². The third-order valence-corrected chi connectivity index (χ3v) is 4.18. The molecule has 2 amide bonds. The van der Waals surface area contributed by atoms with Gasteiger partial charge >= 0.3 is 0 Å². The Labute approximate surface area is 136 Å². The van der Waals surface area contributed by atoms with Crippen LogP contribution in [0.4, 0.5) is 5.69 Å². The first-order valence-electron chi connectivity index (χ1n) is 7.85. The second kappa shape index (κ2) is 7.85. The van der Waals surface area contributed by atoms with Crippen molar-refractivity contribution in [2.75, 3.05) is 19.5 Å². The SMILES string of the molecule is COc1ccc(NC(=O)C(NC(C)=O)C2CCCC2)c(OC)c1. The normalized spacial score (nSPS) is 15.8. The van der Waals surface area contributed by atoms with E-state index in [0.717, 1.165) is 25.7 Å². The molecule has 1 fully saturated rings. The monoisotopic (exact) mass is 320 g/mol. The van der Waals surface area contributed by atoms with Crippen molar-refractivity contribution in [1.29, 1.82) is 0 Å². The van der Waals surface area contributed by atoms with Crippen LogP contribution in [0.2, 0.25) is 0 Å². The molecule has 0 bridgehead atoms. The zero-order chi connectivity index (χ0) is 16.8. The van der Waals surface area contributed by atoms with Crippen LogP contribution in [0.5, 0.6) is 11.5 Å². The quantitative estimate of drug-likeness (QED) is 0.843. The van der Waals surface area contributed by atoms with Gasteiger partial charge in [0.05, 0.1) is 19.9 Å². The zero-order valence-corrected chi connectivity index (χ0v) is 13.8. The summed E-state index contributed by atoms with van der Waals surface area (Å²) in [4.78, 5) is 24.1. The molecule has 2 N–H and O–H groups in total. The average Bonchev–Trinajstić information content (AvgIpc) is 3.06. The van der Waals surface area contributed by atoms with E-state index in [0.29, 0.717) is 17.2 Å². The van der Waals surface area contributed by atoms with E-state index in [1.165, 1.54) is 14.0 Å². The van der Waals surface area contributed by atoms with Gasteiger partial charge in [-0.15, -0.1) is 0 Å². The molecule has 126 valence electrons. The van der Waals surface area contributed by atoms with Gasteiger partial charge in [-0.3, -0.25) is 9.59 Å². The van der Waals surface area contributed by atoms with E-state index < -0.39 is 6.04 Å². The van der Waals surface area contributed by atoms with Crippen LogP contribution < -0.4 is 20.1 Å². The zero-order valence-electron chi connectivity index (χ0n) is 13.8. The molecule has 1 aromatic rings. The highest BCUT2D eigenvalue weighted by atomic mass is 16.5. The van der Waals surface area contributed by atoms with Crippen molar-refractivity contribution >= 4 is 17.5 Å². The molecule has 0 spiro atoms. The number of rotatable bonds is 6. The molecular weight excluding hydrogens is 296 g/mol. The largest absolute Gasteiger partial charge is 0.497 e. The number of hydrogen-bond acceptors (Lipinski definition) is 4.